The van der Waals surface area contributed by atoms with Gasteiger partial charge in [0.15, 0.2) is 0 Å². The van der Waals surface area contributed by atoms with Crippen molar-refractivity contribution in [3.8, 4) is 33.9 Å². The van der Waals surface area contributed by atoms with Crippen LogP contribution in [0.1, 0.15) is 0 Å². The summed E-state index contributed by atoms with van der Waals surface area (Å²) in [5.74, 6) is 0.916. The number of thiophene rings is 1. The molecule has 3 nitrogen and oxygen atoms in total. The molecule has 0 aliphatic heterocycles. The van der Waals surface area contributed by atoms with Gasteiger partial charge in [0.1, 0.15) is 5.82 Å². The first kappa shape index (κ1) is 28.4. The molecule has 0 aliphatic carbocycles. The number of hydrogen-bond acceptors (Lipinski definition) is 2. The van der Waals surface area contributed by atoms with Gasteiger partial charge in [0.2, 0.25) is 0 Å². The maximum atomic E-state index is 5.34. The van der Waals surface area contributed by atoms with Gasteiger partial charge in [-0.2, -0.15) is 0 Å². The molecule has 0 spiro atoms. The quantitative estimate of drug-likeness (QED) is 0.183. The highest BCUT2D eigenvalue weighted by Crippen LogP contribution is 2.41. The molecule has 4 aromatic heterocycles. The minimum atomic E-state index is 0.916. The number of rotatable bonds is 4. The van der Waals surface area contributed by atoms with Gasteiger partial charge in [-0.05, 0) is 77.9 Å². The van der Waals surface area contributed by atoms with E-state index in [1.807, 2.05) is 11.3 Å². The summed E-state index contributed by atoms with van der Waals surface area (Å²) in [6, 6.07) is 63.5. The Morgan fingerprint density at radius 1 is 0.392 bits per heavy atom. The molecule has 7 aromatic carbocycles. The van der Waals surface area contributed by atoms with E-state index >= 15 is 0 Å². The molecule has 0 N–H and O–H groups in total. The van der Waals surface area contributed by atoms with Crippen molar-refractivity contribution in [2.24, 2.45) is 0 Å². The number of hydrogen-bond donors (Lipinski definition) is 0. The maximum absolute atomic E-state index is 5.34. The number of fused-ring (bicyclic) bond motifs is 9. The summed E-state index contributed by atoms with van der Waals surface area (Å²) in [7, 11) is 0. The predicted octanol–water partition coefficient (Wildman–Crippen LogP) is 13.0. The lowest BCUT2D eigenvalue weighted by atomic mass is 10.0. The second-order valence-electron chi connectivity index (χ2n) is 13.2. The van der Waals surface area contributed by atoms with Crippen molar-refractivity contribution in [2.45, 2.75) is 0 Å². The van der Waals surface area contributed by atoms with Crippen molar-refractivity contribution in [1.82, 2.24) is 14.1 Å². The van der Waals surface area contributed by atoms with Gasteiger partial charge in [-0.3, -0.25) is 4.57 Å². The maximum Gasteiger partial charge on any atom is 0.138 e. The fourth-order valence-corrected chi connectivity index (χ4v) is 9.28. The Hall–Kier alpha value is -6.49. The van der Waals surface area contributed by atoms with Gasteiger partial charge in [0, 0.05) is 53.0 Å². The summed E-state index contributed by atoms with van der Waals surface area (Å²) in [4.78, 5) is 5.34. The molecule has 51 heavy (non-hydrogen) atoms. The first-order chi connectivity index (χ1) is 25.3. The van der Waals surface area contributed by atoms with Crippen LogP contribution in [0.2, 0.25) is 0 Å². The molecular formula is C47H29N3S. The summed E-state index contributed by atoms with van der Waals surface area (Å²) in [6.07, 6.45) is 0. The molecule has 0 aliphatic rings. The first-order valence-electron chi connectivity index (χ1n) is 17.3. The summed E-state index contributed by atoms with van der Waals surface area (Å²) < 4.78 is 7.27. The minimum Gasteiger partial charge on any atom is -0.309 e. The molecule has 0 radical (unpaired) electrons. The van der Waals surface area contributed by atoms with Gasteiger partial charge >= 0.3 is 0 Å². The smallest absolute Gasteiger partial charge is 0.138 e. The number of nitrogens with zero attached hydrogens (tertiary/aromatic N) is 3. The summed E-state index contributed by atoms with van der Waals surface area (Å²) >= 11 is 1.84. The van der Waals surface area contributed by atoms with E-state index in [1.165, 1.54) is 75.1 Å². The average molecular weight is 668 g/mol. The van der Waals surface area contributed by atoms with Crippen molar-refractivity contribution in [1.29, 1.82) is 0 Å². The lowest BCUT2D eigenvalue weighted by Crippen LogP contribution is -1.98. The zero-order chi connectivity index (χ0) is 33.5. The summed E-state index contributed by atoms with van der Waals surface area (Å²) in [6.45, 7) is 0. The standard InChI is InChI=1S/C47H29N3S/c1-2-12-32(13-3-1)49-41-20-7-4-14-33(41)38-28-30(24-26-43(38)49)31-25-27-44-39(29-31)34-15-5-8-21-42(34)50(44)46-23-11-19-40(48-46)37-18-10-17-36-35-16-6-9-22-45(35)51-47(36)37/h1-29H. The lowest BCUT2D eigenvalue weighted by molar-refractivity contribution is 1.08. The van der Waals surface area contributed by atoms with E-state index in [0.29, 0.717) is 0 Å². The van der Waals surface area contributed by atoms with Crippen LogP contribution in [0.5, 0.6) is 0 Å². The second-order valence-corrected chi connectivity index (χ2v) is 14.2. The molecule has 0 bridgehead atoms. The normalized spacial score (nSPS) is 11.9. The van der Waals surface area contributed by atoms with Crippen LogP contribution in [0.15, 0.2) is 176 Å². The van der Waals surface area contributed by atoms with E-state index in [0.717, 1.165) is 22.5 Å². The van der Waals surface area contributed by atoms with Crippen LogP contribution in [0.25, 0.3) is 97.7 Å². The van der Waals surface area contributed by atoms with Crippen molar-refractivity contribution in [2.75, 3.05) is 0 Å². The Morgan fingerprint density at radius 2 is 0.961 bits per heavy atom. The highest BCUT2D eigenvalue weighted by atomic mass is 32.1. The molecule has 0 saturated heterocycles. The van der Waals surface area contributed by atoms with E-state index in [2.05, 4.69) is 185 Å². The van der Waals surface area contributed by atoms with Crippen LogP contribution in [0.4, 0.5) is 0 Å². The van der Waals surface area contributed by atoms with Crippen molar-refractivity contribution in [3.05, 3.63) is 176 Å². The van der Waals surface area contributed by atoms with Gasteiger partial charge in [-0.15, -0.1) is 11.3 Å². The topological polar surface area (TPSA) is 22.8 Å². The van der Waals surface area contributed by atoms with Crippen LogP contribution in [0, 0.1) is 0 Å². The molecule has 238 valence electrons. The Bertz CT molecular complexity index is 3140. The molecule has 4 heteroatoms. The van der Waals surface area contributed by atoms with Gasteiger partial charge < -0.3 is 4.57 Å². The molecule has 0 saturated carbocycles. The highest BCUT2D eigenvalue weighted by Gasteiger charge is 2.18. The summed E-state index contributed by atoms with van der Waals surface area (Å²) in [5.41, 5.74) is 10.4. The third-order valence-corrected chi connectivity index (χ3v) is 11.6. The van der Waals surface area contributed by atoms with E-state index in [-0.39, 0.29) is 0 Å². The SMILES string of the molecule is c1ccc(-n2c3ccccc3c3cc(-c4ccc5c(c4)c4ccccc4n5-c4cccc(-c5cccc6c5sc5ccccc56)n4)ccc32)cc1. The Morgan fingerprint density at radius 3 is 1.71 bits per heavy atom. The van der Waals surface area contributed by atoms with E-state index in [4.69, 9.17) is 4.98 Å². The number of aromatic nitrogens is 3. The Kier molecular flexibility index (Phi) is 6.12. The molecule has 11 rings (SSSR count). The van der Waals surface area contributed by atoms with Crippen LogP contribution >= 0.6 is 11.3 Å². The van der Waals surface area contributed by atoms with Crippen LogP contribution < -0.4 is 0 Å². The fourth-order valence-electron chi connectivity index (χ4n) is 8.05. The number of para-hydroxylation sites is 3. The molecular weight excluding hydrogens is 639 g/mol. The Balaban J connectivity index is 1.07. The lowest BCUT2D eigenvalue weighted by Gasteiger charge is -2.10. The highest BCUT2D eigenvalue weighted by molar-refractivity contribution is 7.26. The third-order valence-electron chi connectivity index (χ3n) is 10.3. The average Bonchev–Trinajstić information content (AvgIpc) is 3.85. The monoisotopic (exact) mass is 667 g/mol. The van der Waals surface area contributed by atoms with Crippen molar-refractivity contribution in [3.63, 3.8) is 0 Å². The van der Waals surface area contributed by atoms with Gasteiger partial charge in [0.05, 0.1) is 27.8 Å². The van der Waals surface area contributed by atoms with E-state index < -0.39 is 0 Å². The van der Waals surface area contributed by atoms with E-state index in [9.17, 15) is 0 Å². The molecule has 0 amide bonds. The van der Waals surface area contributed by atoms with Crippen LogP contribution in [-0.4, -0.2) is 14.1 Å². The molecule has 0 unspecified atom stereocenters. The number of pyridine rings is 1. The Labute approximate surface area is 297 Å². The van der Waals surface area contributed by atoms with Crippen LogP contribution in [-0.2, 0) is 0 Å². The third kappa shape index (κ3) is 4.27. The first-order valence-corrected chi connectivity index (χ1v) is 18.1. The molecule has 4 heterocycles. The fraction of sp³-hybridized carbons (Fsp3) is 0. The summed E-state index contributed by atoms with van der Waals surface area (Å²) in [5, 5.41) is 7.53. The minimum absolute atomic E-state index is 0.916. The van der Waals surface area contributed by atoms with Crippen molar-refractivity contribution >= 4 is 75.1 Å². The molecule has 0 fully saturated rings. The number of benzene rings is 7. The van der Waals surface area contributed by atoms with Crippen molar-refractivity contribution < 1.29 is 0 Å². The van der Waals surface area contributed by atoms with Gasteiger partial charge in [-0.1, -0.05) is 109 Å². The van der Waals surface area contributed by atoms with Gasteiger partial charge in [0.25, 0.3) is 0 Å². The van der Waals surface area contributed by atoms with Crippen LogP contribution in [0.3, 0.4) is 0 Å². The van der Waals surface area contributed by atoms with Gasteiger partial charge in [-0.25, -0.2) is 4.98 Å². The largest absolute Gasteiger partial charge is 0.309 e. The molecule has 11 aromatic rings. The zero-order valence-corrected chi connectivity index (χ0v) is 28.3. The second kappa shape index (κ2) is 11.0. The zero-order valence-electron chi connectivity index (χ0n) is 27.5. The van der Waals surface area contributed by atoms with E-state index in [1.54, 1.807) is 0 Å². The molecule has 0 atom stereocenters. The predicted molar refractivity (Wildman–Crippen MR) is 217 cm³/mol.